The summed E-state index contributed by atoms with van der Waals surface area (Å²) in [6.07, 6.45) is 3.22. The van der Waals surface area contributed by atoms with E-state index >= 15 is 0 Å². The number of halogens is 1. The molecule has 0 aliphatic carbocycles. The Kier molecular flexibility index (Phi) is 11.0. The number of aromatic nitrogens is 1. The third-order valence-electron chi connectivity index (χ3n) is 4.06. The van der Waals surface area contributed by atoms with Crippen LogP contribution in [0, 0.1) is 0 Å². The van der Waals surface area contributed by atoms with E-state index in [9.17, 15) is 4.79 Å². The molecule has 1 aromatic heterocycles. The Morgan fingerprint density at radius 1 is 1.19 bits per heavy atom. The van der Waals surface area contributed by atoms with E-state index in [1.54, 1.807) is 0 Å². The predicted molar refractivity (Wildman–Crippen MR) is 117 cm³/mol. The van der Waals surface area contributed by atoms with Crippen molar-refractivity contribution in [2.45, 2.75) is 26.7 Å². The first-order chi connectivity index (χ1) is 12.2. The minimum absolute atomic E-state index is 0. The molecule has 1 aromatic rings. The Hall–Kier alpha value is -1.58. The molecule has 1 aliphatic rings. The lowest BCUT2D eigenvalue weighted by molar-refractivity contribution is -0.120. The number of amides is 1. The lowest BCUT2D eigenvalue weighted by Crippen LogP contribution is -2.52. The van der Waals surface area contributed by atoms with Crippen molar-refractivity contribution in [2.24, 2.45) is 4.99 Å². The van der Waals surface area contributed by atoms with Gasteiger partial charge in [-0.25, -0.2) is 4.98 Å². The van der Waals surface area contributed by atoms with Gasteiger partial charge in [-0.2, -0.15) is 0 Å². The fourth-order valence-electron chi connectivity index (χ4n) is 2.73. The first-order valence-corrected chi connectivity index (χ1v) is 9.20. The molecule has 7 nitrogen and oxygen atoms in total. The van der Waals surface area contributed by atoms with Crippen LogP contribution in [0.15, 0.2) is 29.4 Å². The maximum Gasteiger partial charge on any atom is 0.221 e. The first kappa shape index (κ1) is 22.5. The number of aliphatic imine (C=N–C) groups is 1. The number of pyridine rings is 1. The molecule has 0 atom stereocenters. The zero-order valence-electron chi connectivity index (χ0n) is 15.8. The van der Waals surface area contributed by atoms with Crippen LogP contribution in [-0.4, -0.2) is 67.6 Å². The first-order valence-electron chi connectivity index (χ1n) is 9.20. The highest BCUT2D eigenvalue weighted by Crippen LogP contribution is 2.12. The van der Waals surface area contributed by atoms with Gasteiger partial charge in [0.2, 0.25) is 5.91 Å². The van der Waals surface area contributed by atoms with E-state index in [1.807, 2.05) is 31.3 Å². The highest BCUT2D eigenvalue weighted by Gasteiger charge is 2.20. The van der Waals surface area contributed by atoms with Gasteiger partial charge in [-0.3, -0.25) is 9.79 Å². The molecule has 0 spiro atoms. The van der Waals surface area contributed by atoms with Crippen LogP contribution < -0.4 is 15.5 Å². The van der Waals surface area contributed by atoms with Crippen LogP contribution >= 0.6 is 24.0 Å². The smallest absolute Gasteiger partial charge is 0.221 e. The third kappa shape index (κ3) is 7.35. The van der Waals surface area contributed by atoms with Gasteiger partial charge in [0.25, 0.3) is 0 Å². The Labute approximate surface area is 173 Å². The molecule has 2 heterocycles. The molecule has 0 aromatic carbocycles. The van der Waals surface area contributed by atoms with Crippen LogP contribution in [0.2, 0.25) is 0 Å². The Bertz CT molecular complexity index is 546. The topological polar surface area (TPSA) is 72.9 Å². The van der Waals surface area contributed by atoms with Gasteiger partial charge in [0.05, 0.1) is 6.54 Å². The molecular formula is C18H31IN6O. The van der Waals surface area contributed by atoms with Crippen LogP contribution in [0.1, 0.15) is 26.7 Å². The van der Waals surface area contributed by atoms with Gasteiger partial charge in [0, 0.05) is 51.9 Å². The molecule has 2 N–H and O–H groups in total. The summed E-state index contributed by atoms with van der Waals surface area (Å²) in [7, 11) is 0. The van der Waals surface area contributed by atoms with Crippen LogP contribution in [0.3, 0.4) is 0 Å². The second-order valence-electron chi connectivity index (χ2n) is 6.00. The standard InChI is InChI=1S/C18H30N6O.HI/c1-3-9-21-17(25)8-11-22-18(19-4-2)24-14-12-23(13-15-24)16-7-5-6-10-20-16;/h5-7,10H,3-4,8-9,11-15H2,1-2H3,(H,19,22)(H,21,25);1H. The Morgan fingerprint density at radius 3 is 2.58 bits per heavy atom. The third-order valence-corrected chi connectivity index (χ3v) is 4.06. The second-order valence-corrected chi connectivity index (χ2v) is 6.00. The fourth-order valence-corrected chi connectivity index (χ4v) is 2.73. The van der Waals surface area contributed by atoms with Gasteiger partial charge in [0.15, 0.2) is 5.96 Å². The molecular weight excluding hydrogens is 443 g/mol. The van der Waals surface area contributed by atoms with Gasteiger partial charge in [0.1, 0.15) is 5.82 Å². The van der Waals surface area contributed by atoms with Crippen molar-refractivity contribution >= 4 is 41.7 Å². The Morgan fingerprint density at radius 2 is 1.96 bits per heavy atom. The average molecular weight is 474 g/mol. The highest BCUT2D eigenvalue weighted by atomic mass is 127. The number of hydrogen-bond acceptors (Lipinski definition) is 4. The van der Waals surface area contributed by atoms with Gasteiger partial charge in [-0.1, -0.05) is 13.0 Å². The minimum atomic E-state index is 0. The molecule has 0 unspecified atom stereocenters. The number of guanidine groups is 1. The van der Waals surface area contributed by atoms with Gasteiger partial charge in [-0.15, -0.1) is 24.0 Å². The second kappa shape index (κ2) is 12.7. The van der Waals surface area contributed by atoms with E-state index in [0.717, 1.165) is 57.5 Å². The number of nitrogens with one attached hydrogen (secondary N) is 2. The maximum atomic E-state index is 11.7. The molecule has 0 saturated carbocycles. The largest absolute Gasteiger partial charge is 0.357 e. The van der Waals surface area contributed by atoms with E-state index < -0.39 is 0 Å². The average Bonchev–Trinajstić information content (AvgIpc) is 2.66. The number of anilines is 1. The van der Waals surface area contributed by atoms with Crippen molar-refractivity contribution in [2.75, 3.05) is 50.7 Å². The number of carbonyl (C=O) groups excluding carboxylic acids is 1. The van der Waals surface area contributed by atoms with Crippen molar-refractivity contribution in [1.82, 2.24) is 20.5 Å². The number of hydrogen-bond donors (Lipinski definition) is 2. The minimum Gasteiger partial charge on any atom is -0.357 e. The van der Waals surface area contributed by atoms with Crippen LogP contribution in [0.4, 0.5) is 5.82 Å². The predicted octanol–water partition coefficient (Wildman–Crippen LogP) is 1.70. The summed E-state index contributed by atoms with van der Waals surface area (Å²) in [6.45, 7) is 9.80. The molecule has 146 valence electrons. The zero-order valence-corrected chi connectivity index (χ0v) is 18.1. The molecule has 0 bridgehead atoms. The molecule has 2 rings (SSSR count). The molecule has 0 radical (unpaired) electrons. The quantitative estimate of drug-likeness (QED) is 0.358. The fraction of sp³-hybridized carbons (Fsp3) is 0.611. The summed E-state index contributed by atoms with van der Waals surface area (Å²) in [6, 6.07) is 6.00. The molecule has 1 fully saturated rings. The summed E-state index contributed by atoms with van der Waals surface area (Å²) in [5, 5.41) is 6.22. The van der Waals surface area contributed by atoms with E-state index in [-0.39, 0.29) is 29.9 Å². The lowest BCUT2D eigenvalue weighted by atomic mass is 10.3. The monoisotopic (exact) mass is 474 g/mol. The van der Waals surface area contributed by atoms with E-state index in [1.165, 1.54) is 0 Å². The van der Waals surface area contributed by atoms with E-state index in [4.69, 9.17) is 0 Å². The lowest BCUT2D eigenvalue weighted by Gasteiger charge is -2.37. The van der Waals surface area contributed by atoms with E-state index in [2.05, 4.69) is 37.3 Å². The summed E-state index contributed by atoms with van der Waals surface area (Å²) in [5.41, 5.74) is 0. The number of nitrogens with zero attached hydrogens (tertiary/aromatic N) is 4. The van der Waals surface area contributed by atoms with Crippen molar-refractivity contribution in [1.29, 1.82) is 0 Å². The van der Waals surface area contributed by atoms with Crippen LogP contribution in [-0.2, 0) is 4.79 Å². The number of carbonyl (C=O) groups is 1. The summed E-state index contributed by atoms with van der Waals surface area (Å²) >= 11 is 0. The SMILES string of the molecule is CCCNC(=O)CCN=C(NCC)N1CCN(c2ccccn2)CC1.I. The van der Waals surface area contributed by atoms with Gasteiger partial charge in [-0.05, 0) is 25.5 Å². The molecule has 8 heteroatoms. The van der Waals surface area contributed by atoms with Crippen molar-refractivity contribution in [3.63, 3.8) is 0 Å². The van der Waals surface area contributed by atoms with Crippen LogP contribution in [0.25, 0.3) is 0 Å². The maximum absolute atomic E-state index is 11.7. The molecule has 1 amide bonds. The van der Waals surface area contributed by atoms with Crippen LogP contribution in [0.5, 0.6) is 0 Å². The Balaban J connectivity index is 0.00000338. The zero-order chi connectivity index (χ0) is 17.9. The number of rotatable bonds is 7. The van der Waals surface area contributed by atoms with Gasteiger partial charge >= 0.3 is 0 Å². The van der Waals surface area contributed by atoms with E-state index in [0.29, 0.717) is 13.0 Å². The summed E-state index contributed by atoms with van der Waals surface area (Å²) in [5.74, 6) is 1.99. The van der Waals surface area contributed by atoms with Crippen molar-refractivity contribution in [3.05, 3.63) is 24.4 Å². The molecule has 1 aliphatic heterocycles. The molecule has 26 heavy (non-hydrogen) atoms. The normalized spacial score (nSPS) is 14.6. The van der Waals surface area contributed by atoms with Gasteiger partial charge < -0.3 is 20.4 Å². The van der Waals surface area contributed by atoms with Crippen molar-refractivity contribution in [3.8, 4) is 0 Å². The highest BCUT2D eigenvalue weighted by molar-refractivity contribution is 14.0. The summed E-state index contributed by atoms with van der Waals surface area (Å²) in [4.78, 5) is 25.3. The number of piperazine rings is 1. The van der Waals surface area contributed by atoms with Crippen molar-refractivity contribution < 1.29 is 4.79 Å². The summed E-state index contributed by atoms with van der Waals surface area (Å²) < 4.78 is 0. The molecule has 1 saturated heterocycles.